The van der Waals surface area contributed by atoms with Gasteiger partial charge in [-0.25, -0.2) is 0 Å². The van der Waals surface area contributed by atoms with Gasteiger partial charge in [0.1, 0.15) is 0 Å². The lowest BCUT2D eigenvalue weighted by atomic mass is 9.83. The Labute approximate surface area is 80.2 Å². The van der Waals surface area contributed by atoms with Gasteiger partial charge in [-0.3, -0.25) is 4.98 Å². The Bertz CT molecular complexity index is 286. The van der Waals surface area contributed by atoms with Gasteiger partial charge in [0.25, 0.3) is 0 Å². The highest BCUT2D eigenvalue weighted by Gasteiger charge is 2.21. The van der Waals surface area contributed by atoms with E-state index in [2.05, 4.69) is 31.8 Å². The Morgan fingerprint density at radius 1 is 1.38 bits per heavy atom. The van der Waals surface area contributed by atoms with Gasteiger partial charge in [-0.2, -0.15) is 0 Å². The number of rotatable bonds is 1. The molecule has 0 spiro atoms. The maximum absolute atomic E-state index is 6.11. The molecule has 0 aliphatic rings. The quantitative estimate of drug-likeness (QED) is 0.717. The summed E-state index contributed by atoms with van der Waals surface area (Å²) in [6.45, 7) is 8.42. The molecule has 0 aliphatic carbocycles. The molecule has 0 fully saturated rings. The monoisotopic (exact) mass is 178 g/mol. The minimum atomic E-state index is 0.0780. The molecule has 1 aromatic heterocycles. The molecule has 0 bridgehead atoms. The van der Waals surface area contributed by atoms with Crippen molar-refractivity contribution in [2.75, 3.05) is 0 Å². The first kappa shape index (κ1) is 10.2. The van der Waals surface area contributed by atoms with E-state index in [-0.39, 0.29) is 11.5 Å². The van der Waals surface area contributed by atoms with Gasteiger partial charge in [-0.05, 0) is 30.0 Å². The molecule has 1 aromatic rings. The number of hydrogen-bond donors (Lipinski definition) is 1. The molecule has 0 saturated carbocycles. The van der Waals surface area contributed by atoms with E-state index in [0.717, 1.165) is 5.69 Å². The van der Waals surface area contributed by atoms with Gasteiger partial charge in [0.2, 0.25) is 0 Å². The van der Waals surface area contributed by atoms with Gasteiger partial charge in [-0.15, -0.1) is 0 Å². The first-order chi connectivity index (χ1) is 5.91. The van der Waals surface area contributed by atoms with Gasteiger partial charge in [0.15, 0.2) is 0 Å². The Hall–Kier alpha value is -0.890. The summed E-state index contributed by atoms with van der Waals surface area (Å²) in [6, 6.07) is 4.12. The summed E-state index contributed by atoms with van der Waals surface area (Å²) in [7, 11) is 0. The summed E-state index contributed by atoms with van der Waals surface area (Å²) in [5.41, 5.74) is 8.41. The average Bonchev–Trinajstić information content (AvgIpc) is 2.01. The second kappa shape index (κ2) is 3.46. The molecule has 0 aromatic carbocycles. The molecule has 1 rings (SSSR count). The maximum Gasteiger partial charge on any atom is 0.0375 e. The van der Waals surface area contributed by atoms with Gasteiger partial charge in [0.05, 0.1) is 0 Å². The second-order valence-electron chi connectivity index (χ2n) is 4.57. The fourth-order valence-corrected chi connectivity index (χ4v) is 1.26. The second-order valence-corrected chi connectivity index (χ2v) is 4.57. The lowest BCUT2D eigenvalue weighted by molar-refractivity contribution is 0.326. The zero-order valence-corrected chi connectivity index (χ0v) is 8.83. The van der Waals surface area contributed by atoms with Crippen molar-refractivity contribution in [3.8, 4) is 0 Å². The summed E-state index contributed by atoms with van der Waals surface area (Å²) >= 11 is 0. The van der Waals surface area contributed by atoms with E-state index in [1.54, 1.807) is 0 Å². The molecule has 2 nitrogen and oxygen atoms in total. The molecular formula is C11H18N2. The van der Waals surface area contributed by atoms with Crippen LogP contribution in [0.1, 0.15) is 38.1 Å². The maximum atomic E-state index is 6.11. The first-order valence-corrected chi connectivity index (χ1v) is 4.59. The number of aromatic nitrogens is 1. The molecule has 2 heteroatoms. The van der Waals surface area contributed by atoms with Crippen molar-refractivity contribution >= 4 is 0 Å². The highest BCUT2D eigenvalue weighted by Crippen LogP contribution is 2.30. The van der Waals surface area contributed by atoms with Crippen LogP contribution in [-0.2, 0) is 0 Å². The Morgan fingerprint density at radius 2 is 2.00 bits per heavy atom. The molecule has 0 radical (unpaired) electrons. The fraction of sp³-hybridized carbons (Fsp3) is 0.545. The van der Waals surface area contributed by atoms with E-state index in [0.29, 0.717) is 0 Å². The van der Waals surface area contributed by atoms with Gasteiger partial charge < -0.3 is 5.73 Å². The Kier molecular flexibility index (Phi) is 2.71. The van der Waals surface area contributed by atoms with E-state index >= 15 is 0 Å². The zero-order valence-electron chi connectivity index (χ0n) is 8.83. The topological polar surface area (TPSA) is 38.9 Å². The van der Waals surface area contributed by atoms with Crippen LogP contribution in [0.5, 0.6) is 0 Å². The largest absolute Gasteiger partial charge is 0.324 e. The predicted molar refractivity (Wildman–Crippen MR) is 55.4 cm³/mol. The lowest BCUT2D eigenvalue weighted by Crippen LogP contribution is -2.26. The molecule has 0 unspecified atom stereocenters. The molecule has 0 saturated heterocycles. The minimum absolute atomic E-state index is 0.0780. The van der Waals surface area contributed by atoms with Crippen molar-refractivity contribution in [1.82, 2.24) is 4.98 Å². The van der Waals surface area contributed by atoms with Crippen molar-refractivity contribution in [3.63, 3.8) is 0 Å². The molecule has 0 amide bonds. The van der Waals surface area contributed by atoms with E-state index < -0.39 is 0 Å². The molecular weight excluding hydrogens is 160 g/mol. The Balaban J connectivity index is 2.96. The van der Waals surface area contributed by atoms with E-state index in [1.165, 1.54) is 5.56 Å². The number of hydrogen-bond acceptors (Lipinski definition) is 2. The van der Waals surface area contributed by atoms with Crippen LogP contribution in [0, 0.1) is 12.3 Å². The molecule has 1 heterocycles. The Morgan fingerprint density at radius 3 is 2.46 bits per heavy atom. The van der Waals surface area contributed by atoms with E-state index in [4.69, 9.17) is 5.73 Å². The van der Waals surface area contributed by atoms with Crippen LogP contribution in [0.4, 0.5) is 0 Å². The first-order valence-electron chi connectivity index (χ1n) is 4.59. The number of nitrogens with zero attached hydrogens (tertiary/aromatic N) is 1. The van der Waals surface area contributed by atoms with Crippen molar-refractivity contribution < 1.29 is 0 Å². The van der Waals surface area contributed by atoms with Crippen LogP contribution in [-0.4, -0.2) is 4.98 Å². The summed E-state index contributed by atoms with van der Waals surface area (Å²) in [5.74, 6) is 0. The third-order valence-corrected chi connectivity index (χ3v) is 2.21. The van der Waals surface area contributed by atoms with Crippen LogP contribution in [0.2, 0.25) is 0 Å². The van der Waals surface area contributed by atoms with Crippen LogP contribution < -0.4 is 5.73 Å². The van der Waals surface area contributed by atoms with Crippen molar-refractivity contribution in [1.29, 1.82) is 0 Å². The summed E-state index contributed by atoms with van der Waals surface area (Å²) < 4.78 is 0. The summed E-state index contributed by atoms with van der Waals surface area (Å²) in [5, 5.41) is 0. The highest BCUT2D eigenvalue weighted by atomic mass is 14.7. The van der Waals surface area contributed by atoms with Crippen LogP contribution in [0.3, 0.4) is 0 Å². The smallest absolute Gasteiger partial charge is 0.0375 e. The standard InChI is InChI=1S/C11H18N2/c1-8-7-9(5-6-13-8)10(12)11(2,3)4/h5-7,10H,12H2,1-4H3/t10-/m0/s1. The van der Waals surface area contributed by atoms with Crippen molar-refractivity contribution in [2.24, 2.45) is 11.1 Å². The molecule has 0 aliphatic heterocycles. The van der Waals surface area contributed by atoms with Crippen LogP contribution in [0.25, 0.3) is 0 Å². The van der Waals surface area contributed by atoms with Gasteiger partial charge in [-0.1, -0.05) is 20.8 Å². The van der Waals surface area contributed by atoms with Crippen molar-refractivity contribution in [3.05, 3.63) is 29.6 Å². The van der Waals surface area contributed by atoms with Gasteiger partial charge in [0, 0.05) is 17.9 Å². The van der Waals surface area contributed by atoms with E-state index in [9.17, 15) is 0 Å². The summed E-state index contributed by atoms with van der Waals surface area (Å²) in [6.07, 6.45) is 1.82. The highest BCUT2D eigenvalue weighted by molar-refractivity contribution is 5.20. The lowest BCUT2D eigenvalue weighted by Gasteiger charge is -2.27. The van der Waals surface area contributed by atoms with Crippen molar-refractivity contribution in [2.45, 2.75) is 33.7 Å². The molecule has 2 N–H and O–H groups in total. The minimum Gasteiger partial charge on any atom is -0.324 e. The fourth-order valence-electron chi connectivity index (χ4n) is 1.26. The third kappa shape index (κ3) is 2.52. The number of pyridine rings is 1. The molecule has 72 valence electrons. The normalized spacial score (nSPS) is 14.2. The van der Waals surface area contributed by atoms with E-state index in [1.807, 2.05) is 19.2 Å². The van der Waals surface area contributed by atoms with Gasteiger partial charge >= 0.3 is 0 Å². The number of nitrogens with two attached hydrogens (primary N) is 1. The molecule has 1 atom stereocenters. The zero-order chi connectivity index (χ0) is 10.1. The number of aryl methyl sites for hydroxylation is 1. The van der Waals surface area contributed by atoms with Crippen LogP contribution >= 0.6 is 0 Å². The molecule has 13 heavy (non-hydrogen) atoms. The third-order valence-electron chi connectivity index (χ3n) is 2.21. The predicted octanol–water partition coefficient (Wildman–Crippen LogP) is 2.44. The van der Waals surface area contributed by atoms with Crippen LogP contribution in [0.15, 0.2) is 18.3 Å². The average molecular weight is 178 g/mol. The summed E-state index contributed by atoms with van der Waals surface area (Å²) in [4.78, 5) is 4.15. The SMILES string of the molecule is Cc1cc([C@H](N)C(C)(C)C)ccn1.